The molecule has 0 fully saturated rings. The van der Waals surface area contributed by atoms with Crippen LogP contribution in [0.3, 0.4) is 0 Å². The highest BCUT2D eigenvalue weighted by atomic mass is 16.2. The van der Waals surface area contributed by atoms with Crippen molar-refractivity contribution < 1.29 is 4.79 Å². The topological polar surface area (TPSA) is 84.3 Å². The average Bonchev–Trinajstić information content (AvgIpc) is 2.72. The molecule has 7 heteroatoms. The maximum absolute atomic E-state index is 10.8. The van der Waals surface area contributed by atoms with Crippen molar-refractivity contribution in [2.24, 2.45) is 20.6 Å². The minimum absolute atomic E-state index is 0.107. The normalized spacial score (nSPS) is 15.7. The van der Waals surface area contributed by atoms with Gasteiger partial charge in [-0.15, -0.1) is 15.0 Å². The Bertz CT molecular complexity index is 401. The van der Waals surface area contributed by atoms with Crippen LogP contribution in [0.1, 0.15) is 0 Å². The van der Waals surface area contributed by atoms with Crippen LogP contribution in [0.2, 0.25) is 0 Å². The number of azo groups is 1. The van der Waals surface area contributed by atoms with Crippen LogP contribution in [0.15, 0.2) is 50.9 Å². The number of nitrogens with zero attached hydrogens (tertiary/aromatic N) is 6. The van der Waals surface area contributed by atoms with E-state index in [1.165, 1.54) is 11.0 Å². The van der Waals surface area contributed by atoms with Crippen LogP contribution in [0, 0.1) is 0 Å². The molecule has 0 saturated carbocycles. The third-order valence-corrected chi connectivity index (χ3v) is 1.28. The van der Waals surface area contributed by atoms with Gasteiger partial charge in [-0.25, -0.2) is 0 Å². The quantitative estimate of drug-likeness (QED) is 0.628. The molecule has 0 aromatic carbocycles. The molecule has 1 aromatic heterocycles. The van der Waals surface area contributed by atoms with E-state index >= 15 is 0 Å². The van der Waals surface area contributed by atoms with Gasteiger partial charge in [-0.1, -0.05) is 0 Å². The van der Waals surface area contributed by atoms with Crippen LogP contribution in [0.4, 0.5) is 0 Å². The summed E-state index contributed by atoms with van der Waals surface area (Å²) in [4.78, 5) is 12.1. The predicted octanol–water partition coefficient (Wildman–Crippen LogP) is 0.932. The first-order chi connectivity index (χ1) is 6.36. The van der Waals surface area contributed by atoms with E-state index in [1.54, 1.807) is 18.5 Å². The van der Waals surface area contributed by atoms with Gasteiger partial charge in [-0.2, -0.15) is 10.2 Å². The fourth-order valence-electron chi connectivity index (χ4n) is 0.719. The number of rotatable bonds is 2. The fraction of sp³-hybridized carbons (Fsp3) is 0. The minimum Gasteiger partial charge on any atom is -0.263 e. The number of carbonyl (C=O) groups is 1. The van der Waals surface area contributed by atoms with Gasteiger partial charge in [0.05, 0.1) is 18.6 Å². The number of aromatic nitrogens is 2. The van der Waals surface area contributed by atoms with E-state index in [1.807, 2.05) is 0 Å². The predicted molar refractivity (Wildman–Crippen MR) is 40.4 cm³/mol. The lowest BCUT2D eigenvalue weighted by Crippen LogP contribution is -1.92. The van der Waals surface area contributed by atoms with Crippen LogP contribution >= 0.6 is 0 Å². The van der Waals surface area contributed by atoms with E-state index in [0.717, 1.165) is 0 Å². The molecule has 0 spiro atoms. The zero-order valence-corrected chi connectivity index (χ0v) is 6.40. The van der Waals surface area contributed by atoms with E-state index in [-0.39, 0.29) is 5.70 Å². The molecule has 0 aliphatic carbocycles. The van der Waals surface area contributed by atoms with Gasteiger partial charge in [0.15, 0.2) is 5.70 Å². The summed E-state index contributed by atoms with van der Waals surface area (Å²) in [7, 11) is 0. The van der Waals surface area contributed by atoms with Crippen LogP contribution in [-0.2, 0) is 4.79 Å². The van der Waals surface area contributed by atoms with Gasteiger partial charge in [0.1, 0.15) is 0 Å². The van der Waals surface area contributed by atoms with Gasteiger partial charge >= 0.3 is 5.91 Å². The summed E-state index contributed by atoms with van der Waals surface area (Å²) in [6, 6.07) is 1.69. The zero-order chi connectivity index (χ0) is 9.10. The maximum Gasteiger partial charge on any atom is 0.317 e. The molecule has 1 aromatic rings. The number of hydrogen-bond donors (Lipinski definition) is 0. The Kier molecular flexibility index (Phi) is 1.75. The van der Waals surface area contributed by atoms with E-state index in [0.29, 0.717) is 0 Å². The minimum atomic E-state index is -0.490. The van der Waals surface area contributed by atoms with Gasteiger partial charge in [0, 0.05) is 0 Å². The Morgan fingerprint density at radius 2 is 2.38 bits per heavy atom. The fourth-order valence-corrected chi connectivity index (χ4v) is 0.719. The number of carbonyl (C=O) groups excluding carboxylic acids is 1. The highest BCUT2D eigenvalue weighted by Gasteiger charge is 2.11. The Hall–Kier alpha value is -2.18. The lowest BCUT2D eigenvalue weighted by molar-refractivity contribution is -0.114. The van der Waals surface area contributed by atoms with Crippen LogP contribution in [-0.4, -0.2) is 15.8 Å². The molecular formula is C6H4N6O. The molecule has 64 valence electrons. The first-order valence-corrected chi connectivity index (χ1v) is 3.43. The standard InChI is InChI=1S/C6H4N6O/c13-6-5(4-7-10-6)9-11-12-3-1-2-8-12/h1-4H. The summed E-state index contributed by atoms with van der Waals surface area (Å²) >= 11 is 0. The third-order valence-electron chi connectivity index (χ3n) is 1.28. The smallest absolute Gasteiger partial charge is 0.263 e. The molecule has 7 nitrogen and oxygen atoms in total. The van der Waals surface area contributed by atoms with E-state index < -0.39 is 5.91 Å². The zero-order valence-electron chi connectivity index (χ0n) is 6.40. The van der Waals surface area contributed by atoms with Crippen LogP contribution < -0.4 is 0 Å². The molecule has 2 rings (SSSR count). The average molecular weight is 176 g/mol. The monoisotopic (exact) mass is 176 g/mol. The van der Waals surface area contributed by atoms with E-state index in [2.05, 4.69) is 25.7 Å². The summed E-state index contributed by atoms with van der Waals surface area (Å²) in [6.45, 7) is 0. The van der Waals surface area contributed by atoms with Gasteiger partial charge in [-0.3, -0.25) is 4.79 Å². The lowest BCUT2D eigenvalue weighted by Gasteiger charge is -1.86. The molecule has 0 radical (unpaired) electrons. The summed E-state index contributed by atoms with van der Waals surface area (Å²) in [6.07, 6.45) is 4.39. The van der Waals surface area contributed by atoms with Crippen molar-refractivity contribution in [2.75, 3.05) is 0 Å². The summed E-state index contributed by atoms with van der Waals surface area (Å²) < 4.78 is 0. The molecular weight excluding hydrogens is 172 g/mol. The highest BCUT2D eigenvalue weighted by Crippen LogP contribution is 2.08. The Balaban J connectivity index is 2.11. The molecule has 0 atom stereocenters. The lowest BCUT2D eigenvalue weighted by atomic mass is 10.5. The van der Waals surface area contributed by atoms with Gasteiger partial charge < -0.3 is 0 Å². The van der Waals surface area contributed by atoms with Crippen molar-refractivity contribution in [3.8, 4) is 0 Å². The SMILES string of the molecule is O=C1N=NC=C1N=Nn1cccn1. The van der Waals surface area contributed by atoms with Gasteiger partial charge in [0.25, 0.3) is 0 Å². The molecule has 13 heavy (non-hydrogen) atoms. The second-order valence-corrected chi connectivity index (χ2v) is 2.15. The molecule has 2 heterocycles. The van der Waals surface area contributed by atoms with Crippen molar-refractivity contribution in [3.63, 3.8) is 0 Å². The van der Waals surface area contributed by atoms with Gasteiger partial charge in [0.2, 0.25) is 0 Å². The second-order valence-electron chi connectivity index (χ2n) is 2.15. The molecule has 0 N–H and O–H groups in total. The van der Waals surface area contributed by atoms with Crippen molar-refractivity contribution in [1.82, 2.24) is 9.89 Å². The van der Waals surface area contributed by atoms with Crippen molar-refractivity contribution in [3.05, 3.63) is 30.4 Å². The first-order valence-electron chi connectivity index (χ1n) is 3.43. The summed E-state index contributed by atoms with van der Waals surface area (Å²) in [5, 5.41) is 17.6. The molecule has 1 aliphatic heterocycles. The highest BCUT2D eigenvalue weighted by molar-refractivity contribution is 5.94. The number of hydrogen-bond acceptors (Lipinski definition) is 5. The molecule has 1 aliphatic rings. The Morgan fingerprint density at radius 3 is 3.00 bits per heavy atom. The van der Waals surface area contributed by atoms with E-state index in [9.17, 15) is 4.79 Å². The summed E-state index contributed by atoms with van der Waals surface area (Å²) in [5.74, 6) is -0.490. The largest absolute Gasteiger partial charge is 0.317 e. The number of amides is 1. The van der Waals surface area contributed by atoms with Crippen molar-refractivity contribution >= 4 is 5.91 Å². The van der Waals surface area contributed by atoms with Crippen LogP contribution in [0.5, 0.6) is 0 Å². The van der Waals surface area contributed by atoms with Crippen LogP contribution in [0.25, 0.3) is 0 Å². The van der Waals surface area contributed by atoms with E-state index in [4.69, 9.17) is 0 Å². The molecule has 0 saturated heterocycles. The van der Waals surface area contributed by atoms with Gasteiger partial charge in [-0.05, 0) is 11.3 Å². The maximum atomic E-state index is 10.8. The Morgan fingerprint density at radius 1 is 1.46 bits per heavy atom. The Labute approximate surface area is 72.5 Å². The van der Waals surface area contributed by atoms with Crippen molar-refractivity contribution in [2.45, 2.75) is 0 Å². The summed E-state index contributed by atoms with van der Waals surface area (Å²) in [5.41, 5.74) is 0.107. The van der Waals surface area contributed by atoms with Crippen molar-refractivity contribution in [1.29, 1.82) is 0 Å². The second kappa shape index (κ2) is 3.05. The third kappa shape index (κ3) is 1.53. The first kappa shape index (κ1) is 7.47. The molecule has 1 amide bonds. The molecule has 0 unspecified atom stereocenters. The molecule has 0 bridgehead atoms.